The van der Waals surface area contributed by atoms with Gasteiger partial charge < -0.3 is 24.6 Å². The van der Waals surface area contributed by atoms with Crippen molar-refractivity contribution in [3.63, 3.8) is 0 Å². The van der Waals surface area contributed by atoms with Crippen molar-refractivity contribution in [1.82, 2.24) is 10.2 Å². The Morgan fingerprint density at radius 2 is 1.74 bits per heavy atom. The van der Waals surface area contributed by atoms with Gasteiger partial charge in [-0.2, -0.15) is 0 Å². The minimum absolute atomic E-state index is 0.204. The zero-order valence-electron chi connectivity index (χ0n) is 17.9. The molecule has 0 aromatic rings. The minimum atomic E-state index is -0.777. The number of rotatable bonds is 5. The molecule has 8 heteroatoms. The van der Waals surface area contributed by atoms with Crippen LogP contribution in [0.2, 0.25) is 0 Å². The number of carbonyl (C=O) groups is 2. The van der Waals surface area contributed by atoms with Crippen LogP contribution in [0.25, 0.3) is 0 Å². The number of hydrogen-bond acceptors (Lipinski definition) is 6. The Morgan fingerprint density at radius 3 is 2.22 bits per heavy atom. The average Bonchev–Trinajstić information content (AvgIpc) is 2.74. The molecule has 1 rings (SSSR count). The molecule has 1 saturated heterocycles. The molecule has 0 aromatic heterocycles. The summed E-state index contributed by atoms with van der Waals surface area (Å²) in [6.45, 7) is 14.6. The summed E-state index contributed by atoms with van der Waals surface area (Å²) in [5.41, 5.74) is -1.99. The SMILES string of the molecule is CC(C)(C)OC(=O)NC(CO)CCC1COC(C)(C)N1C(=O)OC(C)(C)C. The summed E-state index contributed by atoms with van der Waals surface area (Å²) < 4.78 is 16.5. The lowest BCUT2D eigenvalue weighted by molar-refractivity contribution is -0.0628. The smallest absolute Gasteiger partial charge is 0.412 e. The van der Waals surface area contributed by atoms with Crippen LogP contribution in [0.3, 0.4) is 0 Å². The molecule has 158 valence electrons. The van der Waals surface area contributed by atoms with Crippen LogP contribution in [0, 0.1) is 0 Å². The van der Waals surface area contributed by atoms with E-state index in [1.165, 1.54) is 0 Å². The van der Waals surface area contributed by atoms with Crippen molar-refractivity contribution in [2.75, 3.05) is 13.2 Å². The van der Waals surface area contributed by atoms with Crippen molar-refractivity contribution in [1.29, 1.82) is 0 Å². The fourth-order valence-electron chi connectivity index (χ4n) is 2.85. The molecule has 2 N–H and O–H groups in total. The molecule has 0 bridgehead atoms. The van der Waals surface area contributed by atoms with E-state index in [1.807, 2.05) is 34.6 Å². The third kappa shape index (κ3) is 7.92. The van der Waals surface area contributed by atoms with Gasteiger partial charge in [-0.3, -0.25) is 4.90 Å². The second kappa shape index (κ2) is 8.65. The highest BCUT2D eigenvalue weighted by molar-refractivity contribution is 5.70. The predicted octanol–water partition coefficient (Wildman–Crippen LogP) is 3.02. The van der Waals surface area contributed by atoms with E-state index in [4.69, 9.17) is 14.2 Å². The molecule has 1 fully saturated rings. The maximum Gasteiger partial charge on any atom is 0.412 e. The number of amides is 2. The van der Waals surface area contributed by atoms with Crippen molar-refractivity contribution < 1.29 is 28.9 Å². The third-order valence-electron chi connectivity index (χ3n) is 3.95. The van der Waals surface area contributed by atoms with Crippen LogP contribution in [0.15, 0.2) is 0 Å². The molecule has 8 nitrogen and oxygen atoms in total. The Labute approximate surface area is 162 Å². The van der Waals surface area contributed by atoms with Gasteiger partial charge in [-0.05, 0) is 68.2 Å². The highest BCUT2D eigenvalue weighted by atomic mass is 16.6. The number of aliphatic hydroxyl groups excluding tert-OH is 1. The molecule has 27 heavy (non-hydrogen) atoms. The van der Waals surface area contributed by atoms with Gasteiger partial charge in [0.15, 0.2) is 0 Å². The first kappa shape index (κ1) is 23.5. The maximum atomic E-state index is 12.6. The molecule has 0 spiro atoms. The second-order valence-electron chi connectivity index (χ2n) is 9.36. The Bertz CT molecular complexity index is 521. The minimum Gasteiger partial charge on any atom is -0.444 e. The standard InChI is InChI=1S/C19H36N2O6/c1-17(2,3)26-15(23)20-13(11-22)9-10-14-12-25-19(7,8)21(14)16(24)27-18(4,5)6/h13-14,22H,9-12H2,1-8H3,(H,20,23). The summed E-state index contributed by atoms with van der Waals surface area (Å²) in [6, 6.07) is -0.673. The largest absolute Gasteiger partial charge is 0.444 e. The summed E-state index contributed by atoms with van der Waals surface area (Å²) >= 11 is 0. The number of aliphatic hydroxyl groups is 1. The molecular formula is C19H36N2O6. The van der Waals surface area contributed by atoms with Gasteiger partial charge in [-0.15, -0.1) is 0 Å². The van der Waals surface area contributed by atoms with Crippen molar-refractivity contribution >= 4 is 12.2 Å². The Kier molecular flexibility index (Phi) is 7.52. The molecule has 0 radical (unpaired) electrons. The topological polar surface area (TPSA) is 97.3 Å². The molecule has 0 aromatic carbocycles. The third-order valence-corrected chi connectivity index (χ3v) is 3.95. The Morgan fingerprint density at radius 1 is 1.19 bits per heavy atom. The lowest BCUT2D eigenvalue weighted by atomic mass is 10.1. The van der Waals surface area contributed by atoms with Gasteiger partial charge in [0, 0.05) is 0 Å². The van der Waals surface area contributed by atoms with Gasteiger partial charge in [0.25, 0.3) is 0 Å². The number of alkyl carbamates (subject to hydrolysis) is 1. The van der Waals surface area contributed by atoms with Gasteiger partial charge in [0.2, 0.25) is 0 Å². The highest BCUT2D eigenvalue weighted by Crippen LogP contribution is 2.31. The van der Waals surface area contributed by atoms with E-state index in [0.29, 0.717) is 19.4 Å². The molecule has 0 saturated carbocycles. The number of hydrogen-bond donors (Lipinski definition) is 2. The molecule has 2 unspecified atom stereocenters. The quantitative estimate of drug-likeness (QED) is 0.751. The van der Waals surface area contributed by atoms with Crippen molar-refractivity contribution in [2.45, 2.75) is 97.2 Å². The Hall–Kier alpha value is -1.54. The molecule has 1 heterocycles. The number of ether oxygens (including phenoxy) is 3. The lowest BCUT2D eigenvalue weighted by Crippen LogP contribution is -2.50. The monoisotopic (exact) mass is 388 g/mol. The van der Waals surface area contributed by atoms with E-state index in [2.05, 4.69) is 5.32 Å². The van der Waals surface area contributed by atoms with Gasteiger partial charge in [0.05, 0.1) is 25.3 Å². The van der Waals surface area contributed by atoms with Gasteiger partial charge >= 0.3 is 12.2 Å². The zero-order valence-corrected chi connectivity index (χ0v) is 17.9. The van der Waals surface area contributed by atoms with E-state index in [0.717, 1.165) is 0 Å². The normalized spacial score (nSPS) is 20.9. The molecule has 0 aliphatic carbocycles. The van der Waals surface area contributed by atoms with E-state index in [-0.39, 0.29) is 12.6 Å². The van der Waals surface area contributed by atoms with Crippen LogP contribution in [-0.2, 0) is 14.2 Å². The van der Waals surface area contributed by atoms with Crippen molar-refractivity contribution in [3.8, 4) is 0 Å². The highest BCUT2D eigenvalue weighted by Gasteiger charge is 2.45. The van der Waals surface area contributed by atoms with Crippen molar-refractivity contribution in [2.24, 2.45) is 0 Å². The summed E-state index contributed by atoms with van der Waals surface area (Å²) in [4.78, 5) is 26.1. The molecule has 1 aliphatic rings. The number of nitrogens with zero attached hydrogens (tertiary/aromatic N) is 1. The number of nitrogens with one attached hydrogen (secondary N) is 1. The van der Waals surface area contributed by atoms with E-state index in [1.54, 1.807) is 25.7 Å². The van der Waals surface area contributed by atoms with Crippen LogP contribution in [-0.4, -0.2) is 64.4 Å². The second-order valence-corrected chi connectivity index (χ2v) is 9.36. The first-order valence-electron chi connectivity index (χ1n) is 9.41. The zero-order chi connectivity index (χ0) is 21.0. The van der Waals surface area contributed by atoms with Gasteiger partial charge in [0.1, 0.15) is 16.9 Å². The molecule has 1 aliphatic heterocycles. The predicted molar refractivity (Wildman–Crippen MR) is 101 cm³/mol. The maximum absolute atomic E-state index is 12.6. The summed E-state index contributed by atoms with van der Waals surface area (Å²) in [5, 5.41) is 12.2. The van der Waals surface area contributed by atoms with Crippen molar-refractivity contribution in [3.05, 3.63) is 0 Å². The van der Waals surface area contributed by atoms with Crippen LogP contribution in [0.4, 0.5) is 9.59 Å². The summed E-state index contributed by atoms with van der Waals surface area (Å²) in [7, 11) is 0. The van der Waals surface area contributed by atoms with Crippen LogP contribution in [0.1, 0.15) is 68.2 Å². The van der Waals surface area contributed by atoms with Gasteiger partial charge in [-0.25, -0.2) is 9.59 Å². The van der Waals surface area contributed by atoms with E-state index >= 15 is 0 Å². The van der Waals surface area contributed by atoms with E-state index < -0.39 is 35.2 Å². The van der Waals surface area contributed by atoms with Crippen LogP contribution in [0.5, 0.6) is 0 Å². The molecular weight excluding hydrogens is 352 g/mol. The van der Waals surface area contributed by atoms with Crippen LogP contribution >= 0.6 is 0 Å². The molecule has 2 amide bonds. The molecule has 2 atom stereocenters. The number of carbonyl (C=O) groups excluding carboxylic acids is 2. The fraction of sp³-hybridized carbons (Fsp3) is 0.895. The summed E-state index contributed by atoms with van der Waals surface area (Å²) in [5.74, 6) is 0. The fourth-order valence-corrected chi connectivity index (χ4v) is 2.85. The van der Waals surface area contributed by atoms with E-state index in [9.17, 15) is 14.7 Å². The summed E-state index contributed by atoms with van der Waals surface area (Å²) in [6.07, 6.45) is 0.00671. The van der Waals surface area contributed by atoms with Crippen LogP contribution < -0.4 is 5.32 Å². The first-order chi connectivity index (χ1) is 12.1. The first-order valence-corrected chi connectivity index (χ1v) is 9.41. The lowest BCUT2D eigenvalue weighted by Gasteiger charge is -2.35. The Balaban J connectivity index is 2.69. The average molecular weight is 389 g/mol. The van der Waals surface area contributed by atoms with Gasteiger partial charge in [-0.1, -0.05) is 0 Å².